The van der Waals surface area contributed by atoms with Gasteiger partial charge >= 0.3 is 5.97 Å². The molecule has 7 nitrogen and oxygen atoms in total. The number of benzene rings is 2. The van der Waals surface area contributed by atoms with Crippen molar-refractivity contribution < 1.29 is 23.5 Å². The summed E-state index contributed by atoms with van der Waals surface area (Å²) in [5.74, 6) is -0.328. The first-order chi connectivity index (χ1) is 15.5. The Morgan fingerprint density at radius 3 is 2.47 bits per heavy atom. The van der Waals surface area contributed by atoms with E-state index in [4.69, 9.17) is 9.15 Å². The van der Waals surface area contributed by atoms with Gasteiger partial charge in [0.2, 0.25) is 5.91 Å². The van der Waals surface area contributed by atoms with Gasteiger partial charge in [-0.2, -0.15) is 0 Å². The van der Waals surface area contributed by atoms with Crippen LogP contribution in [0.1, 0.15) is 35.9 Å². The second-order valence-electron chi connectivity index (χ2n) is 7.88. The Kier molecular flexibility index (Phi) is 6.54. The van der Waals surface area contributed by atoms with Gasteiger partial charge in [0, 0.05) is 24.2 Å². The molecule has 1 saturated heterocycles. The average molecular weight is 434 g/mol. The summed E-state index contributed by atoms with van der Waals surface area (Å²) >= 11 is 0. The predicted octanol–water partition coefficient (Wildman–Crippen LogP) is 4.03. The van der Waals surface area contributed by atoms with Crippen molar-refractivity contribution in [2.24, 2.45) is 5.92 Å². The Morgan fingerprint density at radius 2 is 1.78 bits per heavy atom. The van der Waals surface area contributed by atoms with Gasteiger partial charge in [-0.1, -0.05) is 30.3 Å². The van der Waals surface area contributed by atoms with Crippen LogP contribution in [-0.2, 0) is 20.7 Å². The second kappa shape index (κ2) is 9.68. The summed E-state index contributed by atoms with van der Waals surface area (Å²) in [6.07, 6.45) is 1.55. The molecule has 1 N–H and O–H groups in total. The molecule has 7 heteroatoms. The van der Waals surface area contributed by atoms with Crippen molar-refractivity contribution in [1.82, 2.24) is 4.90 Å². The molecule has 0 radical (unpaired) electrons. The van der Waals surface area contributed by atoms with Crippen molar-refractivity contribution in [1.29, 1.82) is 0 Å². The summed E-state index contributed by atoms with van der Waals surface area (Å²) in [5.41, 5.74) is 2.16. The SMILES string of the molecule is CCOC(=O)C1CCN(C(=O)Cc2ccc(NC(=O)c3cc4ccccc4o3)cc2)CC1. The molecule has 32 heavy (non-hydrogen) atoms. The molecular formula is C25H26N2O5. The van der Waals surface area contributed by atoms with Crippen molar-refractivity contribution in [2.45, 2.75) is 26.2 Å². The monoisotopic (exact) mass is 434 g/mol. The lowest BCUT2D eigenvalue weighted by atomic mass is 9.96. The van der Waals surface area contributed by atoms with Gasteiger partial charge in [-0.15, -0.1) is 0 Å². The van der Waals surface area contributed by atoms with Crippen LogP contribution in [0, 0.1) is 5.92 Å². The number of fused-ring (bicyclic) bond motifs is 1. The number of piperidine rings is 1. The topological polar surface area (TPSA) is 88.9 Å². The standard InChI is InChI=1S/C25H26N2O5/c1-2-31-25(30)18-11-13-27(14-12-18)23(28)15-17-7-9-20(10-8-17)26-24(29)22-16-19-5-3-4-6-21(19)32-22/h3-10,16,18H,2,11-15H2,1H3,(H,26,29). The van der Waals surface area contributed by atoms with Crippen molar-refractivity contribution in [3.63, 3.8) is 0 Å². The smallest absolute Gasteiger partial charge is 0.309 e. The highest BCUT2D eigenvalue weighted by Crippen LogP contribution is 2.21. The summed E-state index contributed by atoms with van der Waals surface area (Å²) in [4.78, 5) is 38.7. The van der Waals surface area contributed by atoms with Crippen LogP contribution < -0.4 is 5.32 Å². The molecule has 2 heterocycles. The summed E-state index contributed by atoms with van der Waals surface area (Å²) in [7, 11) is 0. The van der Waals surface area contributed by atoms with Crippen molar-refractivity contribution in [3.8, 4) is 0 Å². The third-order valence-electron chi connectivity index (χ3n) is 5.68. The van der Waals surface area contributed by atoms with E-state index in [1.54, 1.807) is 30.0 Å². The molecular weight excluding hydrogens is 408 g/mol. The normalized spacial score (nSPS) is 14.3. The molecule has 0 bridgehead atoms. The number of amides is 2. The molecule has 2 amide bonds. The van der Waals surface area contributed by atoms with Gasteiger partial charge < -0.3 is 19.4 Å². The van der Waals surface area contributed by atoms with Gasteiger partial charge in [0.25, 0.3) is 5.91 Å². The Morgan fingerprint density at radius 1 is 1.06 bits per heavy atom. The number of hydrogen-bond acceptors (Lipinski definition) is 5. The first kappa shape index (κ1) is 21.6. The predicted molar refractivity (Wildman–Crippen MR) is 120 cm³/mol. The Bertz CT molecular complexity index is 1080. The molecule has 1 aliphatic rings. The van der Waals surface area contributed by atoms with Crippen molar-refractivity contribution >= 4 is 34.4 Å². The average Bonchev–Trinajstić information content (AvgIpc) is 3.25. The van der Waals surface area contributed by atoms with Crippen LogP contribution in [0.2, 0.25) is 0 Å². The minimum atomic E-state index is -0.325. The van der Waals surface area contributed by atoms with Gasteiger partial charge in [-0.05, 0) is 49.6 Å². The lowest BCUT2D eigenvalue weighted by Gasteiger charge is -2.31. The lowest BCUT2D eigenvalue weighted by Crippen LogP contribution is -2.41. The zero-order chi connectivity index (χ0) is 22.5. The lowest BCUT2D eigenvalue weighted by molar-refractivity contribution is -0.151. The summed E-state index contributed by atoms with van der Waals surface area (Å²) < 4.78 is 10.7. The van der Waals surface area contributed by atoms with Gasteiger partial charge in [0.05, 0.1) is 18.9 Å². The molecule has 0 atom stereocenters. The number of nitrogens with zero attached hydrogens (tertiary/aromatic N) is 1. The number of furan rings is 1. The van der Waals surface area contributed by atoms with E-state index < -0.39 is 0 Å². The summed E-state index contributed by atoms with van der Waals surface area (Å²) in [6, 6.07) is 16.4. The van der Waals surface area contributed by atoms with E-state index in [2.05, 4.69) is 5.32 Å². The highest BCUT2D eigenvalue weighted by Gasteiger charge is 2.28. The molecule has 1 fully saturated rings. The van der Waals surface area contributed by atoms with E-state index in [-0.39, 0.29) is 35.9 Å². The maximum Gasteiger partial charge on any atom is 0.309 e. The third kappa shape index (κ3) is 4.99. The third-order valence-corrected chi connectivity index (χ3v) is 5.68. The van der Waals surface area contributed by atoms with Crippen LogP contribution in [0.4, 0.5) is 5.69 Å². The Hall–Kier alpha value is -3.61. The van der Waals surface area contributed by atoms with E-state index in [1.807, 2.05) is 36.4 Å². The van der Waals surface area contributed by atoms with Crippen LogP contribution in [0.15, 0.2) is 59.0 Å². The molecule has 0 aliphatic carbocycles. The molecule has 0 unspecified atom stereocenters. The largest absolute Gasteiger partial charge is 0.466 e. The van der Waals surface area contributed by atoms with Crippen LogP contribution in [-0.4, -0.2) is 42.4 Å². The number of carbonyl (C=O) groups excluding carboxylic acids is 3. The Labute approximate surface area is 186 Å². The van der Waals surface area contributed by atoms with E-state index in [0.29, 0.717) is 43.8 Å². The van der Waals surface area contributed by atoms with Gasteiger partial charge in [0.15, 0.2) is 5.76 Å². The van der Waals surface area contributed by atoms with E-state index in [1.165, 1.54) is 0 Å². The molecule has 2 aromatic carbocycles. The van der Waals surface area contributed by atoms with E-state index >= 15 is 0 Å². The van der Waals surface area contributed by atoms with Gasteiger partial charge in [-0.3, -0.25) is 14.4 Å². The fraction of sp³-hybridized carbons (Fsp3) is 0.320. The van der Waals surface area contributed by atoms with Crippen LogP contribution >= 0.6 is 0 Å². The second-order valence-corrected chi connectivity index (χ2v) is 7.88. The number of carbonyl (C=O) groups is 3. The zero-order valence-electron chi connectivity index (χ0n) is 18.0. The number of hydrogen-bond donors (Lipinski definition) is 1. The number of ether oxygens (including phenoxy) is 1. The number of rotatable bonds is 6. The van der Waals surface area contributed by atoms with Crippen molar-refractivity contribution in [2.75, 3.05) is 25.0 Å². The molecule has 4 rings (SSSR count). The number of esters is 1. The molecule has 1 aliphatic heterocycles. The van der Waals surface area contributed by atoms with Crippen LogP contribution in [0.5, 0.6) is 0 Å². The van der Waals surface area contributed by atoms with Gasteiger partial charge in [-0.25, -0.2) is 0 Å². The van der Waals surface area contributed by atoms with E-state index in [9.17, 15) is 14.4 Å². The molecule has 0 saturated carbocycles. The maximum absolute atomic E-state index is 12.6. The van der Waals surface area contributed by atoms with Gasteiger partial charge in [0.1, 0.15) is 5.58 Å². The number of para-hydroxylation sites is 1. The minimum absolute atomic E-state index is 0.0337. The summed E-state index contributed by atoms with van der Waals surface area (Å²) in [6.45, 7) is 3.31. The zero-order valence-corrected chi connectivity index (χ0v) is 18.0. The minimum Gasteiger partial charge on any atom is -0.466 e. The molecule has 166 valence electrons. The first-order valence-corrected chi connectivity index (χ1v) is 10.9. The van der Waals surface area contributed by atoms with Crippen molar-refractivity contribution in [3.05, 3.63) is 65.9 Å². The van der Waals surface area contributed by atoms with E-state index in [0.717, 1.165) is 10.9 Å². The number of anilines is 1. The fourth-order valence-corrected chi connectivity index (χ4v) is 3.90. The van der Waals surface area contributed by atoms with Crippen LogP contribution in [0.3, 0.4) is 0 Å². The number of nitrogens with one attached hydrogen (secondary N) is 1. The first-order valence-electron chi connectivity index (χ1n) is 10.9. The highest BCUT2D eigenvalue weighted by molar-refractivity contribution is 6.04. The maximum atomic E-state index is 12.6. The Balaban J connectivity index is 1.29. The molecule has 0 spiro atoms. The number of likely N-dealkylation sites (tertiary alicyclic amines) is 1. The van der Waals surface area contributed by atoms with Crippen LogP contribution in [0.25, 0.3) is 11.0 Å². The quantitative estimate of drug-likeness (QED) is 0.592. The summed E-state index contributed by atoms with van der Waals surface area (Å²) in [5, 5.41) is 3.69. The molecule has 1 aromatic heterocycles. The molecule has 3 aromatic rings. The fourth-order valence-electron chi connectivity index (χ4n) is 3.90. The highest BCUT2D eigenvalue weighted by atomic mass is 16.5.